The lowest BCUT2D eigenvalue weighted by Crippen LogP contribution is -2.41. The number of hydrogen-bond donors (Lipinski definition) is 1. The van der Waals surface area contributed by atoms with Crippen molar-refractivity contribution < 1.29 is 23.0 Å². The van der Waals surface area contributed by atoms with E-state index in [0.717, 1.165) is 21.4 Å². The Balaban J connectivity index is 2.18. The van der Waals surface area contributed by atoms with E-state index in [0.29, 0.717) is 5.56 Å². The minimum atomic E-state index is -0.863. The zero-order valence-corrected chi connectivity index (χ0v) is 16.8. The molecule has 0 saturated carbocycles. The maximum absolute atomic E-state index is 14.0. The summed E-state index contributed by atoms with van der Waals surface area (Å²) in [5, 5.41) is 6.20. The molecular formula is C20H18F2N4O5. The van der Waals surface area contributed by atoms with Crippen LogP contribution in [0.5, 0.6) is 11.6 Å². The molecule has 0 fully saturated rings. The molecule has 31 heavy (non-hydrogen) atoms. The number of carbonyl (C=O) groups is 1. The van der Waals surface area contributed by atoms with Crippen LogP contribution in [-0.4, -0.2) is 34.5 Å². The number of halogens is 2. The highest BCUT2D eigenvalue weighted by molar-refractivity contribution is 5.89. The van der Waals surface area contributed by atoms with E-state index in [4.69, 9.17) is 9.47 Å². The third-order valence-corrected chi connectivity index (χ3v) is 4.31. The van der Waals surface area contributed by atoms with Gasteiger partial charge in [0.1, 0.15) is 17.4 Å². The van der Waals surface area contributed by atoms with E-state index in [2.05, 4.69) is 10.4 Å². The first-order valence-electron chi connectivity index (χ1n) is 8.93. The van der Waals surface area contributed by atoms with Crippen LogP contribution in [-0.2, 0) is 11.3 Å². The number of rotatable bonds is 6. The first-order chi connectivity index (χ1) is 14.7. The number of hydrogen-bond acceptors (Lipinski definition) is 6. The molecule has 0 atom stereocenters. The van der Waals surface area contributed by atoms with Crippen molar-refractivity contribution in [2.75, 3.05) is 19.5 Å². The highest BCUT2D eigenvalue weighted by Gasteiger charge is 2.18. The summed E-state index contributed by atoms with van der Waals surface area (Å²) in [7, 11) is 2.53. The first kappa shape index (κ1) is 21.7. The Kier molecular flexibility index (Phi) is 6.14. The van der Waals surface area contributed by atoms with Gasteiger partial charge >= 0.3 is 11.2 Å². The fourth-order valence-corrected chi connectivity index (χ4v) is 2.88. The van der Waals surface area contributed by atoms with Gasteiger partial charge in [-0.3, -0.25) is 9.59 Å². The van der Waals surface area contributed by atoms with Crippen LogP contribution in [0.2, 0.25) is 0 Å². The van der Waals surface area contributed by atoms with Crippen molar-refractivity contribution in [3.8, 4) is 17.3 Å². The number of amides is 1. The Bertz CT molecular complexity index is 1270. The molecule has 3 aromatic rings. The van der Waals surface area contributed by atoms with Gasteiger partial charge in [0.2, 0.25) is 5.91 Å². The molecule has 3 rings (SSSR count). The largest absolute Gasteiger partial charge is 0.496 e. The number of nitrogens with one attached hydrogen (secondary N) is 1. The summed E-state index contributed by atoms with van der Waals surface area (Å²) in [6.07, 6.45) is 0. The van der Waals surface area contributed by atoms with Crippen LogP contribution in [0.1, 0.15) is 12.5 Å². The lowest BCUT2D eigenvalue weighted by molar-refractivity contribution is -0.114. The first-order valence-corrected chi connectivity index (χ1v) is 8.93. The minimum Gasteiger partial charge on any atom is -0.496 e. The van der Waals surface area contributed by atoms with Crippen molar-refractivity contribution in [3.63, 3.8) is 0 Å². The molecule has 1 aromatic heterocycles. The number of methoxy groups -OCH3 is 2. The van der Waals surface area contributed by atoms with Crippen molar-refractivity contribution in [1.29, 1.82) is 0 Å². The molecule has 0 saturated heterocycles. The standard InChI is InChI=1S/C20H18F2N4O5/c1-11(27)23-16-9-14(6-7-15(16)22)26-20(29)25(19(28)18(24-26)31-3)10-12-4-5-13(21)8-17(12)30-2/h4-9H,10H2,1-3H3,(H,23,27). The molecule has 0 aliphatic carbocycles. The molecule has 0 spiro atoms. The van der Waals surface area contributed by atoms with E-state index in [9.17, 15) is 23.2 Å². The molecule has 11 heteroatoms. The number of aromatic nitrogens is 3. The van der Waals surface area contributed by atoms with Crippen LogP contribution in [0.15, 0.2) is 46.0 Å². The van der Waals surface area contributed by atoms with Gasteiger partial charge in [-0.25, -0.2) is 18.1 Å². The van der Waals surface area contributed by atoms with Gasteiger partial charge in [0.25, 0.3) is 5.88 Å². The molecule has 1 N–H and O–H groups in total. The third-order valence-electron chi connectivity index (χ3n) is 4.31. The normalized spacial score (nSPS) is 10.6. The summed E-state index contributed by atoms with van der Waals surface area (Å²) in [5.41, 5.74) is -1.42. The molecular weight excluding hydrogens is 414 g/mol. The number of carbonyl (C=O) groups excluding carboxylic acids is 1. The molecule has 0 unspecified atom stereocenters. The predicted molar refractivity (Wildman–Crippen MR) is 107 cm³/mol. The van der Waals surface area contributed by atoms with Gasteiger partial charge in [-0.05, 0) is 24.3 Å². The average molecular weight is 432 g/mol. The second-order valence-electron chi connectivity index (χ2n) is 6.40. The van der Waals surface area contributed by atoms with Crippen LogP contribution in [0.3, 0.4) is 0 Å². The van der Waals surface area contributed by atoms with Crippen molar-refractivity contribution >= 4 is 11.6 Å². The lowest BCUT2D eigenvalue weighted by atomic mass is 10.2. The van der Waals surface area contributed by atoms with E-state index in [1.807, 2.05) is 0 Å². The van der Waals surface area contributed by atoms with Crippen molar-refractivity contribution in [1.82, 2.24) is 14.3 Å². The molecule has 0 bridgehead atoms. The van der Waals surface area contributed by atoms with Crippen LogP contribution in [0.4, 0.5) is 14.5 Å². The zero-order valence-electron chi connectivity index (χ0n) is 16.8. The summed E-state index contributed by atoms with van der Waals surface area (Å²) in [4.78, 5) is 37.0. The molecule has 0 radical (unpaired) electrons. The molecule has 9 nitrogen and oxygen atoms in total. The number of benzene rings is 2. The predicted octanol–water partition coefficient (Wildman–Crippen LogP) is 1.70. The van der Waals surface area contributed by atoms with Crippen molar-refractivity contribution in [2.45, 2.75) is 13.5 Å². The van der Waals surface area contributed by atoms with E-state index < -0.39 is 34.7 Å². The Morgan fingerprint density at radius 1 is 1.10 bits per heavy atom. The topological polar surface area (TPSA) is 104 Å². The van der Waals surface area contributed by atoms with Crippen LogP contribution < -0.4 is 26.0 Å². The van der Waals surface area contributed by atoms with Crippen molar-refractivity contribution in [3.05, 3.63) is 74.4 Å². The zero-order chi connectivity index (χ0) is 22.7. The number of ether oxygens (including phenoxy) is 2. The van der Waals surface area contributed by atoms with Gasteiger partial charge in [0.05, 0.1) is 32.1 Å². The van der Waals surface area contributed by atoms with E-state index in [1.54, 1.807) is 0 Å². The lowest BCUT2D eigenvalue weighted by Gasteiger charge is -2.14. The Morgan fingerprint density at radius 3 is 2.48 bits per heavy atom. The van der Waals surface area contributed by atoms with E-state index in [1.165, 1.54) is 45.4 Å². The van der Waals surface area contributed by atoms with Crippen LogP contribution in [0.25, 0.3) is 5.69 Å². The monoisotopic (exact) mass is 432 g/mol. The highest BCUT2D eigenvalue weighted by atomic mass is 19.1. The van der Waals surface area contributed by atoms with Gasteiger partial charge in [-0.2, -0.15) is 4.68 Å². The molecule has 0 aliphatic rings. The highest BCUT2D eigenvalue weighted by Crippen LogP contribution is 2.21. The second kappa shape index (κ2) is 8.78. The van der Waals surface area contributed by atoms with Crippen LogP contribution in [0, 0.1) is 11.6 Å². The molecule has 1 heterocycles. The SMILES string of the molecule is COc1cc(F)ccc1Cn1c(=O)c(OC)nn(-c2ccc(F)c(NC(C)=O)c2)c1=O. The quantitative estimate of drug-likeness (QED) is 0.636. The van der Waals surface area contributed by atoms with E-state index in [-0.39, 0.29) is 23.7 Å². The third kappa shape index (κ3) is 4.44. The maximum atomic E-state index is 14.0. The summed E-state index contributed by atoms with van der Waals surface area (Å²) in [5.74, 6) is -2.03. The fraction of sp³-hybridized carbons (Fsp3) is 0.200. The number of anilines is 1. The molecule has 0 aliphatic heterocycles. The Morgan fingerprint density at radius 2 is 1.84 bits per heavy atom. The molecule has 162 valence electrons. The summed E-state index contributed by atoms with van der Waals surface area (Å²) in [6, 6.07) is 7.15. The molecule has 2 aromatic carbocycles. The van der Waals surface area contributed by atoms with E-state index >= 15 is 0 Å². The number of nitrogens with zero attached hydrogens (tertiary/aromatic N) is 3. The smallest absolute Gasteiger partial charge is 0.352 e. The average Bonchev–Trinajstić information content (AvgIpc) is 2.73. The van der Waals surface area contributed by atoms with Crippen molar-refractivity contribution in [2.24, 2.45) is 0 Å². The summed E-state index contributed by atoms with van der Waals surface area (Å²) in [6.45, 7) is 0.940. The van der Waals surface area contributed by atoms with Gasteiger partial charge in [0.15, 0.2) is 0 Å². The van der Waals surface area contributed by atoms with Gasteiger partial charge in [-0.15, -0.1) is 5.10 Å². The Labute approximate surface area is 174 Å². The molecule has 1 amide bonds. The van der Waals surface area contributed by atoms with Crippen LogP contribution >= 0.6 is 0 Å². The second-order valence-corrected chi connectivity index (χ2v) is 6.40. The van der Waals surface area contributed by atoms with Gasteiger partial charge < -0.3 is 14.8 Å². The summed E-state index contributed by atoms with van der Waals surface area (Å²) >= 11 is 0. The Hall–Kier alpha value is -4.02. The summed E-state index contributed by atoms with van der Waals surface area (Å²) < 4.78 is 39.3. The maximum Gasteiger partial charge on any atom is 0.352 e. The van der Waals surface area contributed by atoms with Gasteiger partial charge in [0, 0.05) is 18.6 Å². The minimum absolute atomic E-state index is 0.0771. The fourth-order valence-electron chi connectivity index (χ4n) is 2.88. The van der Waals surface area contributed by atoms with Gasteiger partial charge in [-0.1, -0.05) is 6.07 Å².